The number of likely N-dealkylation sites (tertiary alicyclic amines) is 1. The number of hydrogen-bond donors (Lipinski definition) is 3. The van der Waals surface area contributed by atoms with Crippen molar-refractivity contribution in [1.29, 1.82) is 0 Å². The second-order valence-electron chi connectivity index (χ2n) is 6.49. The molecule has 1 heterocycles. The fourth-order valence-corrected chi connectivity index (χ4v) is 4.09. The zero-order chi connectivity index (χ0) is 20.2. The van der Waals surface area contributed by atoms with Crippen molar-refractivity contribution in [2.45, 2.75) is 37.6 Å². The van der Waals surface area contributed by atoms with Crippen molar-refractivity contribution in [3.05, 3.63) is 24.3 Å². The van der Waals surface area contributed by atoms with E-state index in [9.17, 15) is 22.8 Å². The molecule has 0 aromatic heterocycles. The number of carbonyl (C=O) groups is 3. The molecule has 9 nitrogen and oxygen atoms in total. The first-order chi connectivity index (χ1) is 12.6. The van der Waals surface area contributed by atoms with Crippen LogP contribution in [0.3, 0.4) is 0 Å². The van der Waals surface area contributed by atoms with Crippen LogP contribution in [-0.2, 0) is 24.4 Å². The Morgan fingerprint density at radius 1 is 1.15 bits per heavy atom. The summed E-state index contributed by atoms with van der Waals surface area (Å²) in [5, 5.41) is 11.5. The van der Waals surface area contributed by atoms with Gasteiger partial charge in [-0.3, -0.25) is 14.4 Å². The molecule has 1 aliphatic rings. The number of carboxylic acids is 1. The number of carboxylic acid groups (broad SMARTS) is 1. The van der Waals surface area contributed by atoms with Gasteiger partial charge in [-0.2, -0.15) is 4.72 Å². The average Bonchev–Trinajstić information content (AvgIpc) is 2.60. The molecular formula is C17H23N3O6S. The summed E-state index contributed by atoms with van der Waals surface area (Å²) in [4.78, 5) is 35.9. The molecule has 10 heteroatoms. The number of aliphatic carboxylic acids is 1. The number of carbonyl (C=O) groups excluding carboxylic acids is 2. The predicted octanol–water partition coefficient (Wildman–Crippen LogP) is 0.635. The lowest BCUT2D eigenvalue weighted by Crippen LogP contribution is -2.49. The highest BCUT2D eigenvalue weighted by atomic mass is 32.2. The van der Waals surface area contributed by atoms with Crippen LogP contribution in [0, 0.1) is 5.92 Å². The van der Waals surface area contributed by atoms with Gasteiger partial charge in [0.25, 0.3) is 0 Å². The van der Waals surface area contributed by atoms with Gasteiger partial charge in [-0.25, -0.2) is 8.42 Å². The Balaban J connectivity index is 1.99. The van der Waals surface area contributed by atoms with Gasteiger partial charge >= 0.3 is 5.97 Å². The van der Waals surface area contributed by atoms with E-state index in [2.05, 4.69) is 10.0 Å². The van der Waals surface area contributed by atoms with Crippen molar-refractivity contribution in [1.82, 2.24) is 9.62 Å². The van der Waals surface area contributed by atoms with Crippen LogP contribution in [0.1, 0.15) is 26.7 Å². The van der Waals surface area contributed by atoms with Gasteiger partial charge in [-0.05, 0) is 44.0 Å². The highest BCUT2D eigenvalue weighted by molar-refractivity contribution is 7.89. The molecule has 3 N–H and O–H groups in total. The van der Waals surface area contributed by atoms with Crippen molar-refractivity contribution in [3.8, 4) is 0 Å². The SMILES string of the molecule is CC(=O)Nc1ccc(S(=O)(=O)NC(C)C(=O)N2CCC(C(=O)O)CC2)cc1. The van der Waals surface area contributed by atoms with Gasteiger partial charge in [0.05, 0.1) is 16.9 Å². The maximum atomic E-state index is 12.5. The zero-order valence-corrected chi connectivity index (χ0v) is 16.0. The topological polar surface area (TPSA) is 133 Å². The molecule has 1 aliphatic heterocycles. The summed E-state index contributed by atoms with van der Waals surface area (Å²) in [6, 6.07) is 4.61. The van der Waals surface area contributed by atoms with E-state index in [0.29, 0.717) is 18.5 Å². The van der Waals surface area contributed by atoms with E-state index >= 15 is 0 Å². The van der Waals surface area contributed by atoms with Crippen LogP contribution in [0.2, 0.25) is 0 Å². The summed E-state index contributed by atoms with van der Waals surface area (Å²) >= 11 is 0. The largest absolute Gasteiger partial charge is 0.481 e. The van der Waals surface area contributed by atoms with E-state index in [1.807, 2.05) is 0 Å². The molecule has 148 valence electrons. The standard InChI is InChI=1S/C17H23N3O6S/c1-11(16(22)20-9-7-13(8-10-20)17(23)24)19-27(25,26)15-5-3-14(4-6-15)18-12(2)21/h3-6,11,13,19H,7-10H2,1-2H3,(H,18,21)(H,23,24). The van der Waals surface area contributed by atoms with Crippen LogP contribution in [0.25, 0.3) is 0 Å². The molecule has 2 rings (SSSR count). The second kappa shape index (κ2) is 8.49. The van der Waals surface area contributed by atoms with Gasteiger partial charge in [-0.1, -0.05) is 0 Å². The number of sulfonamides is 1. The summed E-state index contributed by atoms with van der Waals surface area (Å²) in [7, 11) is -3.92. The molecule has 1 aromatic carbocycles. The van der Waals surface area contributed by atoms with Gasteiger partial charge in [0, 0.05) is 25.7 Å². The molecule has 27 heavy (non-hydrogen) atoms. The number of benzene rings is 1. The Bertz CT molecular complexity index is 814. The molecule has 1 aromatic rings. The molecule has 1 fully saturated rings. The lowest BCUT2D eigenvalue weighted by atomic mass is 9.97. The van der Waals surface area contributed by atoms with Crippen LogP contribution >= 0.6 is 0 Å². The molecule has 0 aliphatic carbocycles. The molecule has 2 amide bonds. The molecule has 1 saturated heterocycles. The smallest absolute Gasteiger partial charge is 0.306 e. The third-order valence-electron chi connectivity index (χ3n) is 4.34. The van der Waals surface area contributed by atoms with E-state index in [1.165, 1.54) is 43.0 Å². The van der Waals surface area contributed by atoms with E-state index in [-0.39, 0.29) is 23.9 Å². The Morgan fingerprint density at radius 3 is 2.19 bits per heavy atom. The fraction of sp³-hybridized carbons (Fsp3) is 0.471. The maximum Gasteiger partial charge on any atom is 0.306 e. The first-order valence-electron chi connectivity index (χ1n) is 8.51. The normalized spacial score (nSPS) is 16.6. The second-order valence-corrected chi connectivity index (χ2v) is 8.20. The first kappa shape index (κ1) is 20.8. The minimum Gasteiger partial charge on any atom is -0.481 e. The molecular weight excluding hydrogens is 374 g/mol. The number of hydrogen-bond acceptors (Lipinski definition) is 5. The summed E-state index contributed by atoms with van der Waals surface area (Å²) in [6.45, 7) is 3.37. The van der Waals surface area contributed by atoms with Crippen LogP contribution in [-0.4, -0.2) is 55.3 Å². The molecule has 0 radical (unpaired) electrons. The van der Waals surface area contributed by atoms with Crippen molar-refractivity contribution in [2.24, 2.45) is 5.92 Å². The maximum absolute atomic E-state index is 12.5. The number of rotatable bonds is 6. The third kappa shape index (κ3) is 5.51. The van der Waals surface area contributed by atoms with E-state index in [0.717, 1.165) is 0 Å². The molecule has 0 spiro atoms. The number of piperidine rings is 1. The molecule has 0 bridgehead atoms. The van der Waals surface area contributed by atoms with Gasteiger partial charge in [0.1, 0.15) is 0 Å². The minimum atomic E-state index is -3.92. The van der Waals surface area contributed by atoms with Crippen molar-refractivity contribution >= 4 is 33.5 Å². The Morgan fingerprint density at radius 2 is 1.70 bits per heavy atom. The Hall–Kier alpha value is -2.46. The minimum absolute atomic E-state index is 0.0270. The van der Waals surface area contributed by atoms with Gasteiger partial charge < -0.3 is 15.3 Å². The Labute approximate surface area is 157 Å². The highest BCUT2D eigenvalue weighted by Gasteiger charge is 2.31. The van der Waals surface area contributed by atoms with Gasteiger partial charge in [-0.15, -0.1) is 0 Å². The van der Waals surface area contributed by atoms with Crippen LogP contribution in [0.4, 0.5) is 5.69 Å². The van der Waals surface area contributed by atoms with E-state index in [4.69, 9.17) is 5.11 Å². The quantitative estimate of drug-likeness (QED) is 0.645. The van der Waals surface area contributed by atoms with Crippen molar-refractivity contribution in [3.63, 3.8) is 0 Å². The molecule has 0 saturated carbocycles. The van der Waals surface area contributed by atoms with Crippen molar-refractivity contribution in [2.75, 3.05) is 18.4 Å². The third-order valence-corrected chi connectivity index (χ3v) is 5.90. The molecule has 1 atom stereocenters. The number of nitrogens with zero attached hydrogens (tertiary/aromatic N) is 1. The average molecular weight is 397 g/mol. The summed E-state index contributed by atoms with van der Waals surface area (Å²) < 4.78 is 27.3. The fourth-order valence-electron chi connectivity index (χ4n) is 2.89. The van der Waals surface area contributed by atoms with Crippen molar-refractivity contribution < 1.29 is 27.9 Å². The highest BCUT2D eigenvalue weighted by Crippen LogP contribution is 2.19. The summed E-state index contributed by atoms with van der Waals surface area (Å²) in [5.41, 5.74) is 0.465. The van der Waals surface area contributed by atoms with Crippen LogP contribution in [0.15, 0.2) is 29.2 Å². The lowest BCUT2D eigenvalue weighted by Gasteiger charge is -2.32. The van der Waals surface area contributed by atoms with Crippen LogP contribution in [0.5, 0.6) is 0 Å². The van der Waals surface area contributed by atoms with E-state index < -0.39 is 33.9 Å². The summed E-state index contributed by atoms with van der Waals surface area (Å²) in [5.74, 6) is -2.01. The predicted molar refractivity (Wildman–Crippen MR) is 97.5 cm³/mol. The van der Waals surface area contributed by atoms with Gasteiger partial charge in [0.15, 0.2) is 0 Å². The van der Waals surface area contributed by atoms with Gasteiger partial charge in [0.2, 0.25) is 21.8 Å². The zero-order valence-electron chi connectivity index (χ0n) is 15.1. The lowest BCUT2D eigenvalue weighted by molar-refractivity contribution is -0.146. The number of amides is 2. The number of anilines is 1. The monoisotopic (exact) mass is 397 g/mol. The number of nitrogens with one attached hydrogen (secondary N) is 2. The van der Waals surface area contributed by atoms with E-state index in [1.54, 1.807) is 0 Å². The first-order valence-corrected chi connectivity index (χ1v) is 10.00. The summed E-state index contributed by atoms with van der Waals surface area (Å²) in [6.07, 6.45) is 0.705. The molecule has 1 unspecified atom stereocenters. The van der Waals surface area contributed by atoms with Crippen LogP contribution < -0.4 is 10.0 Å². The Kier molecular flexibility index (Phi) is 6.55.